The average Bonchev–Trinajstić information content (AvgIpc) is 2.76. The van der Waals surface area contributed by atoms with E-state index in [1.807, 2.05) is 82.3 Å². The maximum absolute atomic E-state index is 15.3. The highest BCUT2D eigenvalue weighted by molar-refractivity contribution is 5.89. The van der Waals surface area contributed by atoms with Gasteiger partial charge in [0.15, 0.2) is 0 Å². The molecule has 0 unspecified atom stereocenters. The van der Waals surface area contributed by atoms with Crippen LogP contribution < -0.4 is 9.64 Å². The highest BCUT2D eigenvalue weighted by Gasteiger charge is 2.29. The Morgan fingerprint density at radius 1 is 1.00 bits per heavy atom. The van der Waals surface area contributed by atoms with E-state index in [1.54, 1.807) is 6.07 Å². The summed E-state index contributed by atoms with van der Waals surface area (Å²) in [5, 5.41) is 9.40. The number of halogens is 1. The van der Waals surface area contributed by atoms with E-state index in [1.165, 1.54) is 6.07 Å². The molecule has 0 aliphatic rings. The van der Waals surface area contributed by atoms with E-state index in [2.05, 4.69) is 4.90 Å². The van der Waals surface area contributed by atoms with Crippen molar-refractivity contribution in [3.05, 3.63) is 94.8 Å². The molecule has 5 heteroatoms. The fourth-order valence-electron chi connectivity index (χ4n) is 3.79. The largest absolute Gasteiger partial charge is 0.489 e. The number of rotatable bonds is 8. The monoisotopic (exact) mass is 435 g/mol. The van der Waals surface area contributed by atoms with Gasteiger partial charge in [0.25, 0.3) is 0 Å². The fourth-order valence-corrected chi connectivity index (χ4v) is 3.79. The van der Waals surface area contributed by atoms with E-state index >= 15 is 4.39 Å². The number of hydrogen-bond acceptors (Lipinski definition) is 3. The molecule has 32 heavy (non-hydrogen) atoms. The number of carboxylic acids is 1. The molecule has 0 bridgehead atoms. The number of benzene rings is 3. The second-order valence-corrected chi connectivity index (χ2v) is 8.77. The third-order valence-corrected chi connectivity index (χ3v) is 5.39. The van der Waals surface area contributed by atoms with Crippen molar-refractivity contribution in [3.8, 4) is 5.75 Å². The SMILES string of the molecule is CCN(Cc1ccccc1OCc1ccccc1)c1ccc(C(=O)O)c(F)c1C(C)(C)C. The summed E-state index contributed by atoms with van der Waals surface area (Å²) < 4.78 is 21.4. The van der Waals surface area contributed by atoms with Gasteiger partial charge in [-0.1, -0.05) is 69.3 Å². The van der Waals surface area contributed by atoms with Gasteiger partial charge in [0, 0.05) is 29.9 Å². The lowest BCUT2D eigenvalue weighted by Crippen LogP contribution is -2.28. The number of para-hydroxylation sites is 1. The van der Waals surface area contributed by atoms with E-state index in [4.69, 9.17) is 4.74 Å². The minimum absolute atomic E-state index is 0.304. The van der Waals surface area contributed by atoms with Gasteiger partial charge in [-0.3, -0.25) is 0 Å². The summed E-state index contributed by atoms with van der Waals surface area (Å²) in [6.45, 7) is 9.28. The number of anilines is 1. The first kappa shape index (κ1) is 23.3. The summed E-state index contributed by atoms with van der Waals surface area (Å²) in [5.74, 6) is -1.16. The van der Waals surface area contributed by atoms with Gasteiger partial charge >= 0.3 is 5.97 Å². The summed E-state index contributed by atoms with van der Waals surface area (Å²) in [4.78, 5) is 13.6. The third kappa shape index (κ3) is 5.28. The van der Waals surface area contributed by atoms with Crippen molar-refractivity contribution in [1.82, 2.24) is 0 Å². The first-order valence-corrected chi connectivity index (χ1v) is 10.8. The Hall–Kier alpha value is -3.34. The summed E-state index contributed by atoms with van der Waals surface area (Å²) in [7, 11) is 0. The molecule has 0 saturated heterocycles. The molecular weight excluding hydrogens is 405 g/mol. The molecule has 168 valence electrons. The highest BCUT2D eigenvalue weighted by Crippen LogP contribution is 2.37. The predicted octanol–water partition coefficient (Wildman–Crippen LogP) is 6.43. The fraction of sp³-hybridized carbons (Fsp3) is 0.296. The Morgan fingerprint density at radius 2 is 1.66 bits per heavy atom. The lowest BCUT2D eigenvalue weighted by atomic mass is 9.83. The van der Waals surface area contributed by atoms with Crippen molar-refractivity contribution < 1.29 is 19.0 Å². The van der Waals surface area contributed by atoms with Crippen molar-refractivity contribution in [2.24, 2.45) is 0 Å². The van der Waals surface area contributed by atoms with Crippen LogP contribution in [-0.4, -0.2) is 17.6 Å². The van der Waals surface area contributed by atoms with Gasteiger partial charge in [-0.05, 0) is 36.1 Å². The van der Waals surface area contributed by atoms with E-state index in [0.717, 1.165) is 16.9 Å². The van der Waals surface area contributed by atoms with Crippen molar-refractivity contribution in [2.75, 3.05) is 11.4 Å². The zero-order valence-corrected chi connectivity index (χ0v) is 19.1. The van der Waals surface area contributed by atoms with Crippen molar-refractivity contribution in [1.29, 1.82) is 0 Å². The summed E-state index contributed by atoms with van der Waals surface area (Å²) in [6.07, 6.45) is 0. The molecule has 4 nitrogen and oxygen atoms in total. The molecule has 0 spiro atoms. The molecule has 3 aromatic rings. The molecule has 0 aliphatic heterocycles. The van der Waals surface area contributed by atoms with Gasteiger partial charge in [0.2, 0.25) is 0 Å². The van der Waals surface area contributed by atoms with Crippen molar-refractivity contribution in [2.45, 2.75) is 46.3 Å². The third-order valence-electron chi connectivity index (χ3n) is 5.39. The Kier molecular flexibility index (Phi) is 7.18. The number of ether oxygens (including phenoxy) is 1. The molecule has 0 atom stereocenters. The van der Waals surface area contributed by atoms with E-state index in [9.17, 15) is 9.90 Å². The van der Waals surface area contributed by atoms with Crippen LogP contribution in [0.25, 0.3) is 0 Å². The van der Waals surface area contributed by atoms with Crippen LogP contribution in [0.1, 0.15) is 54.7 Å². The minimum atomic E-state index is -1.26. The molecule has 0 aliphatic carbocycles. The van der Waals surface area contributed by atoms with Gasteiger partial charge < -0.3 is 14.7 Å². The normalized spacial score (nSPS) is 11.3. The second kappa shape index (κ2) is 9.86. The van der Waals surface area contributed by atoms with E-state index < -0.39 is 17.2 Å². The molecular formula is C27H30FNO3. The molecule has 1 N–H and O–H groups in total. The van der Waals surface area contributed by atoms with Crippen LogP contribution in [0.2, 0.25) is 0 Å². The van der Waals surface area contributed by atoms with E-state index in [0.29, 0.717) is 30.9 Å². The van der Waals surface area contributed by atoms with Crippen LogP contribution in [0.3, 0.4) is 0 Å². The maximum atomic E-state index is 15.3. The Labute approximate surface area is 189 Å². The molecule has 0 aromatic heterocycles. The zero-order valence-electron chi connectivity index (χ0n) is 19.1. The molecule has 0 fully saturated rings. The summed E-state index contributed by atoms with van der Waals surface area (Å²) in [5.41, 5.74) is 2.29. The first-order chi connectivity index (χ1) is 15.2. The van der Waals surface area contributed by atoms with Crippen molar-refractivity contribution >= 4 is 11.7 Å². The van der Waals surface area contributed by atoms with Crippen LogP contribution in [0, 0.1) is 5.82 Å². The molecule has 3 aromatic carbocycles. The Balaban J connectivity index is 1.94. The molecule has 3 rings (SSSR count). The lowest BCUT2D eigenvalue weighted by Gasteiger charge is -2.32. The van der Waals surface area contributed by atoms with Gasteiger partial charge in [-0.25, -0.2) is 9.18 Å². The Morgan fingerprint density at radius 3 is 2.28 bits per heavy atom. The molecule has 0 amide bonds. The summed E-state index contributed by atoms with van der Waals surface area (Å²) >= 11 is 0. The molecule has 0 heterocycles. The standard InChI is InChI=1S/C27H30FNO3/c1-5-29(22-16-15-21(26(30)31)25(28)24(22)27(2,3)4)17-20-13-9-10-14-23(20)32-18-19-11-7-6-8-12-19/h6-16H,5,17-18H2,1-4H3,(H,30,31). The van der Waals surface area contributed by atoms with Gasteiger partial charge in [0.05, 0.1) is 5.56 Å². The van der Waals surface area contributed by atoms with Crippen molar-refractivity contribution in [3.63, 3.8) is 0 Å². The van der Waals surface area contributed by atoms with Crippen LogP contribution in [0.15, 0.2) is 66.7 Å². The molecule has 0 radical (unpaired) electrons. The van der Waals surface area contributed by atoms with Crippen LogP contribution >= 0.6 is 0 Å². The van der Waals surface area contributed by atoms with Gasteiger partial charge in [-0.15, -0.1) is 0 Å². The second-order valence-electron chi connectivity index (χ2n) is 8.77. The quantitative estimate of drug-likeness (QED) is 0.443. The lowest BCUT2D eigenvalue weighted by molar-refractivity contribution is 0.0691. The minimum Gasteiger partial charge on any atom is -0.489 e. The number of carboxylic acid groups (broad SMARTS) is 1. The molecule has 0 saturated carbocycles. The highest BCUT2D eigenvalue weighted by atomic mass is 19.1. The zero-order chi connectivity index (χ0) is 23.3. The van der Waals surface area contributed by atoms with Crippen LogP contribution in [0.4, 0.5) is 10.1 Å². The first-order valence-electron chi connectivity index (χ1n) is 10.8. The predicted molar refractivity (Wildman–Crippen MR) is 126 cm³/mol. The average molecular weight is 436 g/mol. The van der Waals surface area contributed by atoms with Gasteiger partial charge in [-0.2, -0.15) is 0 Å². The number of hydrogen-bond donors (Lipinski definition) is 1. The number of aromatic carboxylic acids is 1. The summed E-state index contributed by atoms with van der Waals surface area (Å²) in [6, 6.07) is 20.9. The van der Waals surface area contributed by atoms with Crippen LogP contribution in [-0.2, 0) is 18.6 Å². The topological polar surface area (TPSA) is 49.8 Å². The maximum Gasteiger partial charge on any atom is 0.338 e. The van der Waals surface area contributed by atoms with Crippen LogP contribution in [0.5, 0.6) is 5.75 Å². The van der Waals surface area contributed by atoms with Gasteiger partial charge in [0.1, 0.15) is 18.2 Å². The Bertz CT molecular complexity index is 1070. The smallest absolute Gasteiger partial charge is 0.338 e. The van der Waals surface area contributed by atoms with E-state index in [-0.39, 0.29) is 5.56 Å². The number of nitrogens with zero attached hydrogens (tertiary/aromatic N) is 1. The number of carbonyl (C=O) groups is 1.